The highest BCUT2D eigenvalue weighted by atomic mass is 16.5. The third-order valence-electron chi connectivity index (χ3n) is 2.19. The summed E-state index contributed by atoms with van der Waals surface area (Å²) in [6.45, 7) is 7.25. The second kappa shape index (κ2) is 3.36. The molecule has 0 aromatic carbocycles. The monoisotopic (exact) mass is 185 g/mol. The Labute approximate surface area is 77.8 Å². The van der Waals surface area contributed by atoms with Gasteiger partial charge in [-0.1, -0.05) is 0 Å². The van der Waals surface area contributed by atoms with Gasteiger partial charge in [-0.25, -0.2) is 0 Å². The van der Waals surface area contributed by atoms with Crippen LogP contribution in [0, 0.1) is 5.92 Å². The van der Waals surface area contributed by atoms with Crippen LogP contribution in [0.5, 0.6) is 0 Å². The quantitative estimate of drug-likeness (QED) is 0.473. The lowest BCUT2D eigenvalue weighted by Gasteiger charge is -2.46. The first-order valence-electron chi connectivity index (χ1n) is 4.33. The molecule has 0 N–H and O–H groups in total. The van der Waals surface area contributed by atoms with Gasteiger partial charge in [0.1, 0.15) is 6.61 Å². The number of nitrogens with zero attached hydrogens (tertiary/aromatic N) is 1. The van der Waals surface area contributed by atoms with Crippen LogP contribution in [0.2, 0.25) is 0 Å². The molecule has 4 heteroatoms. The number of amides is 1. The van der Waals surface area contributed by atoms with E-state index in [1.165, 1.54) is 0 Å². The molecule has 4 nitrogen and oxygen atoms in total. The van der Waals surface area contributed by atoms with Crippen LogP contribution in [0.1, 0.15) is 20.8 Å². The van der Waals surface area contributed by atoms with Gasteiger partial charge in [0.2, 0.25) is 5.91 Å². The Hall–Kier alpha value is -1.06. The van der Waals surface area contributed by atoms with E-state index in [1.54, 1.807) is 4.90 Å². The molecule has 0 saturated carbocycles. The summed E-state index contributed by atoms with van der Waals surface area (Å²) in [6, 6.07) is 0. The van der Waals surface area contributed by atoms with Crippen LogP contribution in [0.4, 0.5) is 0 Å². The van der Waals surface area contributed by atoms with Crippen molar-refractivity contribution in [2.24, 2.45) is 5.92 Å². The molecule has 1 aliphatic heterocycles. The third kappa shape index (κ3) is 1.99. The third-order valence-corrected chi connectivity index (χ3v) is 2.19. The van der Waals surface area contributed by atoms with Gasteiger partial charge < -0.3 is 9.64 Å². The molecule has 0 aromatic rings. The molecular weight excluding hydrogens is 170 g/mol. The average Bonchev–Trinajstić information content (AvgIpc) is 2.00. The predicted octanol–water partition coefficient (Wildman–Crippen LogP) is 0.416. The molecule has 1 unspecified atom stereocenters. The molecule has 1 aliphatic rings. The van der Waals surface area contributed by atoms with Gasteiger partial charge in [0.05, 0.1) is 5.92 Å². The van der Waals surface area contributed by atoms with Crippen LogP contribution in [0.25, 0.3) is 0 Å². The molecule has 1 atom stereocenters. The fourth-order valence-corrected chi connectivity index (χ4v) is 1.38. The molecule has 0 radical (unpaired) electrons. The second-order valence-electron chi connectivity index (χ2n) is 4.25. The van der Waals surface area contributed by atoms with E-state index in [2.05, 4.69) is 4.74 Å². The van der Waals surface area contributed by atoms with E-state index in [1.807, 2.05) is 20.8 Å². The molecule has 1 saturated heterocycles. The van der Waals surface area contributed by atoms with E-state index in [9.17, 15) is 9.59 Å². The lowest BCUT2D eigenvalue weighted by Crippen LogP contribution is -2.61. The molecule has 13 heavy (non-hydrogen) atoms. The Kier molecular flexibility index (Phi) is 2.59. The summed E-state index contributed by atoms with van der Waals surface area (Å²) < 4.78 is 4.54. The van der Waals surface area contributed by atoms with Crippen LogP contribution in [-0.4, -0.2) is 36.0 Å². The maximum atomic E-state index is 11.4. The molecule has 0 aromatic heterocycles. The molecule has 1 rings (SSSR count). The fraction of sp³-hybridized carbons (Fsp3) is 0.778. The van der Waals surface area contributed by atoms with Gasteiger partial charge in [0, 0.05) is 12.1 Å². The van der Waals surface area contributed by atoms with Gasteiger partial charge in [-0.05, 0) is 20.8 Å². The first-order chi connectivity index (χ1) is 5.96. The van der Waals surface area contributed by atoms with Crippen molar-refractivity contribution >= 4 is 12.4 Å². The van der Waals surface area contributed by atoms with Crippen molar-refractivity contribution in [3.8, 4) is 0 Å². The summed E-state index contributed by atoms with van der Waals surface area (Å²) in [6.07, 6.45) is 0. The van der Waals surface area contributed by atoms with Crippen molar-refractivity contribution in [3.05, 3.63) is 0 Å². The highest BCUT2D eigenvalue weighted by molar-refractivity contribution is 5.85. The molecule has 0 aliphatic carbocycles. The number of β-lactam (4-membered cyclic amide) rings is 1. The summed E-state index contributed by atoms with van der Waals surface area (Å²) in [7, 11) is 0. The first kappa shape index (κ1) is 10.0. The number of rotatable bonds is 3. The Morgan fingerprint density at radius 3 is 2.62 bits per heavy atom. The minimum atomic E-state index is -0.121. The first-order valence-corrected chi connectivity index (χ1v) is 4.33. The van der Waals surface area contributed by atoms with E-state index in [-0.39, 0.29) is 24.0 Å². The second-order valence-corrected chi connectivity index (χ2v) is 4.25. The molecule has 1 amide bonds. The fourth-order valence-electron chi connectivity index (χ4n) is 1.38. The highest BCUT2D eigenvalue weighted by Crippen LogP contribution is 2.26. The summed E-state index contributed by atoms with van der Waals surface area (Å²) in [5.74, 6) is -0.0428. The summed E-state index contributed by atoms with van der Waals surface area (Å²) in [5, 5.41) is 0. The largest absolute Gasteiger partial charge is 0.467 e. The van der Waals surface area contributed by atoms with E-state index < -0.39 is 0 Å². The van der Waals surface area contributed by atoms with Crippen molar-refractivity contribution < 1.29 is 14.3 Å². The lowest BCUT2D eigenvalue weighted by atomic mass is 9.92. The number of hydrogen-bond donors (Lipinski definition) is 0. The molecule has 0 spiro atoms. The van der Waals surface area contributed by atoms with E-state index in [4.69, 9.17) is 0 Å². The van der Waals surface area contributed by atoms with Crippen LogP contribution >= 0.6 is 0 Å². The summed E-state index contributed by atoms with van der Waals surface area (Å²) >= 11 is 0. The van der Waals surface area contributed by atoms with Crippen LogP contribution < -0.4 is 0 Å². The van der Waals surface area contributed by atoms with Crippen LogP contribution in [0.3, 0.4) is 0 Å². The molecular formula is C9H15NO3. The van der Waals surface area contributed by atoms with Gasteiger partial charge in [-0.2, -0.15) is 0 Å². The number of carbonyl (C=O) groups is 2. The van der Waals surface area contributed by atoms with Gasteiger partial charge in [-0.15, -0.1) is 0 Å². The number of likely N-dealkylation sites (tertiary alicyclic amines) is 1. The Morgan fingerprint density at radius 2 is 2.23 bits per heavy atom. The van der Waals surface area contributed by atoms with Crippen molar-refractivity contribution in [2.45, 2.75) is 26.3 Å². The number of ether oxygens (including phenoxy) is 1. The zero-order valence-electron chi connectivity index (χ0n) is 8.24. The zero-order valence-corrected chi connectivity index (χ0v) is 8.24. The average molecular weight is 185 g/mol. The maximum absolute atomic E-state index is 11.4. The van der Waals surface area contributed by atoms with Gasteiger partial charge >= 0.3 is 0 Å². The smallest absolute Gasteiger partial charge is 0.293 e. The summed E-state index contributed by atoms with van der Waals surface area (Å²) in [4.78, 5) is 23.1. The van der Waals surface area contributed by atoms with Crippen molar-refractivity contribution in [1.29, 1.82) is 0 Å². The molecule has 74 valence electrons. The van der Waals surface area contributed by atoms with E-state index in [0.717, 1.165) is 0 Å². The molecule has 0 bridgehead atoms. The highest BCUT2D eigenvalue weighted by Gasteiger charge is 2.42. The van der Waals surface area contributed by atoms with Gasteiger partial charge in [0.25, 0.3) is 6.47 Å². The van der Waals surface area contributed by atoms with E-state index >= 15 is 0 Å². The van der Waals surface area contributed by atoms with E-state index in [0.29, 0.717) is 13.0 Å². The topological polar surface area (TPSA) is 46.6 Å². The normalized spacial score (nSPS) is 22.5. The predicted molar refractivity (Wildman–Crippen MR) is 47.0 cm³/mol. The van der Waals surface area contributed by atoms with Gasteiger partial charge in [-0.3, -0.25) is 9.59 Å². The number of hydrogen-bond acceptors (Lipinski definition) is 3. The Morgan fingerprint density at radius 1 is 1.62 bits per heavy atom. The van der Waals surface area contributed by atoms with Crippen LogP contribution in [-0.2, 0) is 14.3 Å². The molecule has 1 fully saturated rings. The summed E-state index contributed by atoms with van der Waals surface area (Å²) in [5.41, 5.74) is -0.116. The minimum Gasteiger partial charge on any atom is -0.467 e. The van der Waals surface area contributed by atoms with Crippen molar-refractivity contribution in [1.82, 2.24) is 4.90 Å². The van der Waals surface area contributed by atoms with Crippen molar-refractivity contribution in [2.75, 3.05) is 13.2 Å². The van der Waals surface area contributed by atoms with Gasteiger partial charge in [0.15, 0.2) is 0 Å². The maximum Gasteiger partial charge on any atom is 0.293 e. The number of carbonyl (C=O) groups excluding carboxylic acids is 2. The Bertz CT molecular complexity index is 219. The molecule has 1 heterocycles. The van der Waals surface area contributed by atoms with Crippen molar-refractivity contribution in [3.63, 3.8) is 0 Å². The van der Waals surface area contributed by atoms with Crippen LogP contribution in [0.15, 0.2) is 0 Å². The Balaban J connectivity index is 2.39. The lowest BCUT2D eigenvalue weighted by molar-refractivity contribution is -0.160. The SMILES string of the molecule is CC(C)(C)N1CC(COC=O)C1=O. The minimum absolute atomic E-state index is 0.0781. The zero-order chi connectivity index (χ0) is 10.1. The standard InChI is InChI=1S/C9H15NO3/c1-9(2,3)10-4-7(8(10)12)5-13-6-11/h6-7H,4-5H2,1-3H3.